The van der Waals surface area contributed by atoms with E-state index in [1.54, 1.807) is 7.11 Å². The number of methoxy groups -OCH3 is 1. The van der Waals surface area contributed by atoms with Gasteiger partial charge in [-0.1, -0.05) is 0 Å². The van der Waals surface area contributed by atoms with Crippen molar-refractivity contribution in [3.63, 3.8) is 0 Å². The molecule has 2 unspecified atom stereocenters. The van der Waals surface area contributed by atoms with Crippen molar-refractivity contribution < 1.29 is 23.0 Å². The first kappa shape index (κ1) is 15.1. The molecule has 0 spiro atoms. The van der Waals surface area contributed by atoms with Crippen LogP contribution < -0.4 is 4.74 Å². The molecule has 0 bridgehead atoms. The fourth-order valence-electron chi connectivity index (χ4n) is 1.24. The predicted molar refractivity (Wildman–Crippen MR) is 69.9 cm³/mol. The third-order valence-electron chi connectivity index (χ3n) is 2.45. The Morgan fingerprint density at radius 1 is 1.18 bits per heavy atom. The molecule has 0 N–H and O–H groups in total. The minimum absolute atomic E-state index is 0.0270. The summed E-state index contributed by atoms with van der Waals surface area (Å²) < 4.78 is 13.0. The van der Waals surface area contributed by atoms with Crippen LogP contribution in [0.15, 0.2) is 24.3 Å². The van der Waals surface area contributed by atoms with Crippen LogP contribution in [-0.2, 0) is 18.3 Å². The Kier molecular flexibility index (Phi) is 6.65. The van der Waals surface area contributed by atoms with Gasteiger partial charge in [0.25, 0.3) is 0 Å². The minimum atomic E-state index is -1.83. The maximum absolute atomic E-state index is 5.88. The molecule has 0 aliphatic rings. The zero-order valence-corrected chi connectivity index (χ0v) is 13.2. The molecule has 17 heavy (non-hydrogen) atoms. The number of rotatable bonds is 5. The first-order valence-electron chi connectivity index (χ1n) is 5.16. The van der Waals surface area contributed by atoms with E-state index in [9.17, 15) is 0 Å². The number of para-hydroxylation sites is 1. The molecule has 0 saturated carbocycles. The molecule has 2 atom stereocenters. The molecule has 0 amide bonds. The quantitative estimate of drug-likeness (QED) is 0.744. The summed E-state index contributed by atoms with van der Waals surface area (Å²) in [5.41, 5.74) is 0.950. The Morgan fingerprint density at radius 3 is 2.41 bits per heavy atom. The number of benzene rings is 1. The Balaban J connectivity index is 2.87. The molecule has 2 nitrogen and oxygen atoms in total. The summed E-state index contributed by atoms with van der Waals surface area (Å²) in [6, 6.07) is 7.73. The van der Waals surface area contributed by atoms with Gasteiger partial charge in [-0.05, 0) is 0 Å². The van der Waals surface area contributed by atoms with Gasteiger partial charge in [0.1, 0.15) is 0 Å². The second kappa shape index (κ2) is 7.48. The normalized spacial score (nSPS) is 15.0. The Hall–Kier alpha value is 0.0534. The molecule has 1 aromatic rings. The van der Waals surface area contributed by atoms with E-state index in [1.165, 1.54) is 0 Å². The zero-order valence-electron chi connectivity index (χ0n) is 9.97. The summed E-state index contributed by atoms with van der Waals surface area (Å²) in [6.07, 6.45) is 0.00402. The van der Waals surface area contributed by atoms with Crippen LogP contribution in [0.2, 0.25) is 0 Å². The summed E-state index contributed by atoms with van der Waals surface area (Å²) in [7, 11) is 13.4. The number of ether oxygens (including phenoxy) is 2. The van der Waals surface area contributed by atoms with Crippen molar-refractivity contribution in [1.82, 2.24) is 0 Å². The molecule has 0 aromatic heterocycles. The van der Waals surface area contributed by atoms with Crippen LogP contribution in [0.5, 0.6) is 5.75 Å². The monoisotopic (exact) mass is 364 g/mol. The number of hydrogen-bond acceptors (Lipinski definition) is 2. The van der Waals surface area contributed by atoms with E-state index < -0.39 is 13.5 Å². The number of hydrogen-bond donors (Lipinski definition) is 0. The van der Waals surface area contributed by atoms with Gasteiger partial charge in [-0.15, -0.1) is 0 Å². The van der Waals surface area contributed by atoms with Crippen molar-refractivity contribution >= 4 is 24.0 Å². The van der Waals surface area contributed by atoms with Gasteiger partial charge in [0, 0.05) is 0 Å². The van der Waals surface area contributed by atoms with Gasteiger partial charge in [0.2, 0.25) is 0 Å². The maximum atomic E-state index is 5.88. The molecule has 0 fully saturated rings. The first-order chi connectivity index (χ1) is 8.04. The Bertz CT molecular complexity index is 392. The second-order valence-corrected chi connectivity index (χ2v) is 9.33. The Labute approximate surface area is 115 Å². The standard InChI is InChI=1S/C12H16O2.2ClH.Ru/c1-9-7-5-6-8-12(9)14-11(3)10(2)13-4;;;/h1,5-8,10-11H,2-4H3;2*1H;/q;;;+2/p-2. The summed E-state index contributed by atoms with van der Waals surface area (Å²) in [5.74, 6) is 0.795. The SMILES string of the molecule is COC(C)C(C)Oc1ccccc1[CH]=[Ru]([Cl])[Cl]. The fraction of sp³-hybridized carbons (Fsp3) is 0.417. The van der Waals surface area contributed by atoms with E-state index in [4.69, 9.17) is 28.9 Å². The van der Waals surface area contributed by atoms with E-state index in [1.807, 2.05) is 42.7 Å². The van der Waals surface area contributed by atoms with Crippen LogP contribution in [-0.4, -0.2) is 23.9 Å². The van der Waals surface area contributed by atoms with Crippen molar-refractivity contribution in [3.8, 4) is 5.75 Å². The molecule has 0 aliphatic heterocycles. The third kappa shape index (κ3) is 5.05. The first-order valence-corrected chi connectivity index (χ1v) is 10.6. The summed E-state index contributed by atoms with van der Waals surface area (Å²) in [5, 5.41) is 0. The van der Waals surface area contributed by atoms with E-state index in [-0.39, 0.29) is 12.2 Å². The van der Waals surface area contributed by atoms with Gasteiger partial charge in [-0.25, -0.2) is 0 Å². The average molecular weight is 364 g/mol. The summed E-state index contributed by atoms with van der Waals surface area (Å²) in [4.78, 5) is 0. The van der Waals surface area contributed by atoms with E-state index in [0.717, 1.165) is 11.3 Å². The van der Waals surface area contributed by atoms with Crippen molar-refractivity contribution in [3.05, 3.63) is 29.8 Å². The molecule has 0 aliphatic carbocycles. The molecular weight excluding hydrogens is 348 g/mol. The van der Waals surface area contributed by atoms with Gasteiger partial charge in [-0.2, -0.15) is 0 Å². The van der Waals surface area contributed by atoms with E-state index in [0.29, 0.717) is 0 Å². The molecule has 5 heteroatoms. The van der Waals surface area contributed by atoms with Gasteiger partial charge >= 0.3 is 116 Å². The average Bonchev–Trinajstić information content (AvgIpc) is 2.29. The van der Waals surface area contributed by atoms with Crippen molar-refractivity contribution in [2.75, 3.05) is 7.11 Å². The zero-order chi connectivity index (χ0) is 12.8. The van der Waals surface area contributed by atoms with Gasteiger partial charge in [0.15, 0.2) is 0 Å². The van der Waals surface area contributed by atoms with Crippen molar-refractivity contribution in [2.24, 2.45) is 0 Å². The van der Waals surface area contributed by atoms with Crippen LogP contribution in [0.1, 0.15) is 19.4 Å². The van der Waals surface area contributed by atoms with Crippen LogP contribution in [0.4, 0.5) is 0 Å². The topological polar surface area (TPSA) is 18.5 Å². The fourth-order valence-corrected chi connectivity index (χ4v) is 3.05. The summed E-state index contributed by atoms with van der Waals surface area (Å²) in [6.45, 7) is 3.94. The number of halogens is 2. The van der Waals surface area contributed by atoms with Gasteiger partial charge in [0.05, 0.1) is 0 Å². The molecule has 1 aromatic carbocycles. The van der Waals surface area contributed by atoms with E-state index >= 15 is 0 Å². The molecule has 0 heterocycles. The van der Waals surface area contributed by atoms with Crippen LogP contribution in [0.25, 0.3) is 0 Å². The molecule has 1 rings (SSSR count). The molecule has 98 valence electrons. The predicted octanol–water partition coefficient (Wildman–Crippen LogP) is 3.56. The third-order valence-corrected chi connectivity index (χ3v) is 4.28. The van der Waals surface area contributed by atoms with E-state index in [2.05, 4.69) is 0 Å². The van der Waals surface area contributed by atoms with Crippen LogP contribution >= 0.6 is 19.4 Å². The van der Waals surface area contributed by atoms with Gasteiger partial charge < -0.3 is 0 Å². The van der Waals surface area contributed by atoms with Crippen LogP contribution in [0.3, 0.4) is 0 Å². The molecular formula is C12H16Cl2O2Ru. The van der Waals surface area contributed by atoms with Crippen molar-refractivity contribution in [2.45, 2.75) is 26.1 Å². The molecule has 0 radical (unpaired) electrons. The summed E-state index contributed by atoms with van der Waals surface area (Å²) >= 11 is -1.83. The molecule has 0 saturated heterocycles. The second-order valence-electron chi connectivity index (χ2n) is 3.61. The van der Waals surface area contributed by atoms with Crippen LogP contribution in [0, 0.1) is 0 Å². The van der Waals surface area contributed by atoms with Crippen molar-refractivity contribution in [1.29, 1.82) is 0 Å². The van der Waals surface area contributed by atoms with Gasteiger partial charge in [-0.3, -0.25) is 0 Å². The Morgan fingerprint density at radius 2 is 1.82 bits per heavy atom.